The number of aromatic nitrogens is 2. The van der Waals surface area contributed by atoms with Crippen molar-refractivity contribution in [3.05, 3.63) is 40.1 Å². The maximum atomic E-state index is 13.1. The Morgan fingerprint density at radius 3 is 2.82 bits per heavy atom. The number of aromatic carboxylic acids is 1. The van der Waals surface area contributed by atoms with Crippen LogP contribution in [0.1, 0.15) is 73.9 Å². The third-order valence-electron chi connectivity index (χ3n) is 5.94. The first-order valence-corrected chi connectivity index (χ1v) is 9.77. The number of nitrogens with zero attached hydrogens (tertiary/aromatic N) is 3. The maximum absolute atomic E-state index is 13.1. The first-order valence-electron chi connectivity index (χ1n) is 9.77. The number of carbonyl (C=O) groups is 3. The lowest BCUT2D eigenvalue weighted by molar-refractivity contribution is 0.0673. The molecule has 1 fully saturated rings. The summed E-state index contributed by atoms with van der Waals surface area (Å²) in [7, 11) is 0. The van der Waals surface area contributed by atoms with Gasteiger partial charge in [-0.1, -0.05) is 0 Å². The van der Waals surface area contributed by atoms with Crippen molar-refractivity contribution in [3.8, 4) is 0 Å². The molecule has 1 aliphatic heterocycles. The molecule has 5 rings (SSSR count). The Hall–Kier alpha value is -2.90. The molecule has 2 aliphatic carbocycles. The van der Waals surface area contributed by atoms with Crippen LogP contribution in [0.3, 0.4) is 0 Å². The van der Waals surface area contributed by atoms with Crippen LogP contribution in [0.4, 0.5) is 0 Å². The lowest BCUT2D eigenvalue weighted by Crippen LogP contribution is -2.37. The van der Waals surface area contributed by atoms with E-state index in [1.165, 1.54) is 6.26 Å². The van der Waals surface area contributed by atoms with E-state index in [1.807, 2.05) is 4.68 Å². The van der Waals surface area contributed by atoms with Crippen molar-refractivity contribution < 1.29 is 23.9 Å². The smallest absolute Gasteiger partial charge is 0.356 e. The largest absolute Gasteiger partial charge is 0.476 e. The van der Waals surface area contributed by atoms with Gasteiger partial charge < -0.3 is 14.4 Å². The Morgan fingerprint density at radius 2 is 2.07 bits per heavy atom. The lowest BCUT2D eigenvalue weighted by atomic mass is 9.93. The number of hydrogen-bond acceptors (Lipinski definition) is 5. The minimum absolute atomic E-state index is 0.0263. The van der Waals surface area contributed by atoms with Crippen molar-refractivity contribution in [2.45, 2.75) is 51.6 Å². The van der Waals surface area contributed by atoms with Gasteiger partial charge in [0.25, 0.3) is 5.91 Å². The molecular weight excluding hydrogens is 362 g/mol. The molecule has 28 heavy (non-hydrogen) atoms. The number of furan rings is 1. The van der Waals surface area contributed by atoms with Crippen LogP contribution >= 0.6 is 0 Å². The number of hydrogen-bond donors (Lipinski definition) is 1. The monoisotopic (exact) mass is 383 g/mol. The molecule has 2 aromatic heterocycles. The number of fused-ring (bicyclic) bond motifs is 2. The van der Waals surface area contributed by atoms with Gasteiger partial charge >= 0.3 is 5.97 Å². The number of Topliss-reactive ketones (excluding diaryl/α,β-unsaturated/α-hetero) is 1. The molecule has 0 radical (unpaired) electrons. The SMILES string of the molecule is O=C(O)c1nn(CC2CC2)c2c1CN(C(=O)c1coc3c1C(=O)CCC3)CC2. The van der Waals surface area contributed by atoms with Crippen LogP contribution in [0, 0.1) is 5.92 Å². The number of carboxylic acids is 1. The van der Waals surface area contributed by atoms with E-state index in [2.05, 4.69) is 5.10 Å². The Bertz CT molecular complexity index is 998. The number of carboxylic acid groups (broad SMARTS) is 1. The fraction of sp³-hybridized carbons (Fsp3) is 0.500. The third-order valence-corrected chi connectivity index (χ3v) is 5.94. The van der Waals surface area contributed by atoms with Gasteiger partial charge in [0.1, 0.15) is 12.0 Å². The minimum Gasteiger partial charge on any atom is -0.476 e. The van der Waals surface area contributed by atoms with Crippen molar-refractivity contribution in [2.24, 2.45) is 5.92 Å². The van der Waals surface area contributed by atoms with E-state index < -0.39 is 5.97 Å². The van der Waals surface area contributed by atoms with E-state index >= 15 is 0 Å². The van der Waals surface area contributed by atoms with Gasteiger partial charge in [-0.15, -0.1) is 0 Å². The van der Waals surface area contributed by atoms with Gasteiger partial charge in [-0.05, 0) is 25.2 Å². The summed E-state index contributed by atoms with van der Waals surface area (Å²) >= 11 is 0. The summed E-state index contributed by atoms with van der Waals surface area (Å²) in [5.41, 5.74) is 2.25. The lowest BCUT2D eigenvalue weighted by Gasteiger charge is -2.28. The predicted octanol–water partition coefficient (Wildman–Crippen LogP) is 2.30. The number of aryl methyl sites for hydroxylation is 1. The van der Waals surface area contributed by atoms with Crippen LogP contribution in [0.15, 0.2) is 10.7 Å². The zero-order valence-electron chi connectivity index (χ0n) is 15.4. The zero-order valence-corrected chi connectivity index (χ0v) is 15.4. The van der Waals surface area contributed by atoms with Gasteiger partial charge in [0.2, 0.25) is 0 Å². The quantitative estimate of drug-likeness (QED) is 0.868. The van der Waals surface area contributed by atoms with E-state index in [-0.39, 0.29) is 23.9 Å². The Balaban J connectivity index is 1.45. The van der Waals surface area contributed by atoms with E-state index in [0.29, 0.717) is 54.2 Å². The summed E-state index contributed by atoms with van der Waals surface area (Å²) in [6.45, 7) is 1.40. The highest BCUT2D eigenvalue weighted by atomic mass is 16.4. The molecule has 0 bridgehead atoms. The molecule has 2 aromatic rings. The number of ketones is 1. The van der Waals surface area contributed by atoms with Gasteiger partial charge in [0.05, 0.1) is 17.7 Å². The summed E-state index contributed by atoms with van der Waals surface area (Å²) in [5, 5.41) is 13.9. The van der Waals surface area contributed by atoms with E-state index in [4.69, 9.17) is 4.42 Å². The first kappa shape index (κ1) is 17.2. The van der Waals surface area contributed by atoms with Crippen LogP contribution < -0.4 is 0 Å². The second-order valence-electron chi connectivity index (χ2n) is 7.91. The average Bonchev–Trinajstić information content (AvgIpc) is 3.26. The van der Waals surface area contributed by atoms with Gasteiger partial charge in [0, 0.05) is 43.6 Å². The van der Waals surface area contributed by atoms with Crippen LogP contribution in [0.5, 0.6) is 0 Å². The molecule has 0 saturated heterocycles. The van der Waals surface area contributed by atoms with E-state index in [0.717, 1.165) is 31.5 Å². The molecule has 146 valence electrons. The highest BCUT2D eigenvalue weighted by molar-refractivity contribution is 6.09. The second kappa shape index (κ2) is 6.32. The molecule has 0 spiro atoms. The Morgan fingerprint density at radius 1 is 1.25 bits per heavy atom. The molecule has 1 N–H and O–H groups in total. The topological polar surface area (TPSA) is 106 Å². The second-order valence-corrected chi connectivity index (χ2v) is 7.91. The van der Waals surface area contributed by atoms with Crippen LogP contribution in [-0.2, 0) is 25.9 Å². The van der Waals surface area contributed by atoms with Crippen molar-refractivity contribution in [1.29, 1.82) is 0 Å². The van der Waals surface area contributed by atoms with Crippen molar-refractivity contribution in [3.63, 3.8) is 0 Å². The molecular formula is C20H21N3O5. The van der Waals surface area contributed by atoms with Crippen LogP contribution in [0.2, 0.25) is 0 Å². The normalized spacial score (nSPS) is 18.7. The zero-order chi connectivity index (χ0) is 19.4. The number of rotatable bonds is 4. The van der Waals surface area contributed by atoms with Crippen molar-refractivity contribution >= 4 is 17.7 Å². The van der Waals surface area contributed by atoms with Crippen LogP contribution in [0.25, 0.3) is 0 Å². The fourth-order valence-corrected chi connectivity index (χ4v) is 4.28. The number of carbonyl (C=O) groups excluding carboxylic acids is 2. The fourth-order valence-electron chi connectivity index (χ4n) is 4.28. The number of amides is 1. The van der Waals surface area contributed by atoms with Gasteiger partial charge in [-0.2, -0.15) is 5.10 Å². The van der Waals surface area contributed by atoms with Gasteiger partial charge in [0.15, 0.2) is 11.5 Å². The third kappa shape index (κ3) is 2.75. The molecule has 3 heterocycles. The average molecular weight is 383 g/mol. The molecule has 3 aliphatic rings. The summed E-state index contributed by atoms with van der Waals surface area (Å²) in [4.78, 5) is 38.7. The molecule has 1 amide bonds. The van der Waals surface area contributed by atoms with Gasteiger partial charge in [-0.3, -0.25) is 14.3 Å². The Labute approximate surface area is 161 Å². The van der Waals surface area contributed by atoms with Crippen molar-refractivity contribution in [1.82, 2.24) is 14.7 Å². The van der Waals surface area contributed by atoms with Crippen LogP contribution in [-0.4, -0.2) is 44.0 Å². The highest BCUT2D eigenvalue weighted by Crippen LogP contribution is 2.33. The summed E-state index contributed by atoms with van der Waals surface area (Å²) in [5.74, 6) is -0.248. The highest BCUT2D eigenvalue weighted by Gasteiger charge is 2.35. The molecule has 0 unspecified atom stereocenters. The van der Waals surface area contributed by atoms with E-state index in [9.17, 15) is 19.5 Å². The molecule has 8 heteroatoms. The Kier molecular flexibility index (Phi) is 3.89. The molecule has 0 atom stereocenters. The standard InChI is InChI=1S/C20H21N3O5/c24-15-2-1-3-16-17(15)13(10-28-16)19(25)22-7-6-14-12(9-22)18(20(26)27)21-23(14)8-11-4-5-11/h10-11H,1-9H2,(H,26,27). The summed E-state index contributed by atoms with van der Waals surface area (Å²) < 4.78 is 7.30. The summed E-state index contributed by atoms with van der Waals surface area (Å²) in [6.07, 6.45) is 6.07. The van der Waals surface area contributed by atoms with Crippen molar-refractivity contribution in [2.75, 3.05) is 6.54 Å². The van der Waals surface area contributed by atoms with E-state index in [1.54, 1.807) is 4.90 Å². The predicted molar refractivity (Wildman–Crippen MR) is 96.3 cm³/mol. The molecule has 8 nitrogen and oxygen atoms in total. The summed E-state index contributed by atoms with van der Waals surface area (Å²) in [6, 6.07) is 0. The maximum Gasteiger partial charge on any atom is 0.356 e. The van der Waals surface area contributed by atoms with Gasteiger partial charge in [-0.25, -0.2) is 4.79 Å². The minimum atomic E-state index is -1.07. The first-order chi connectivity index (χ1) is 13.5. The molecule has 0 aromatic carbocycles. The molecule has 1 saturated carbocycles.